The molecule has 7 nitrogen and oxygen atoms in total. The van der Waals surface area contributed by atoms with E-state index in [-0.39, 0.29) is 5.91 Å². The fourth-order valence-electron chi connectivity index (χ4n) is 3.39. The molecule has 0 saturated carbocycles. The fourth-order valence-corrected chi connectivity index (χ4v) is 3.39. The lowest BCUT2D eigenvalue weighted by atomic mass is 10.1. The average molecular weight is 383 g/mol. The largest absolute Gasteiger partial charge is 0.357 e. The number of carbonyl (C=O) groups excluding carboxylic acids is 1. The van der Waals surface area contributed by atoms with Crippen molar-refractivity contribution >= 4 is 23.4 Å². The number of carbonyl (C=O) groups is 1. The molecule has 0 saturated heterocycles. The summed E-state index contributed by atoms with van der Waals surface area (Å²) < 4.78 is 0. The molecule has 0 atom stereocenters. The SMILES string of the molecule is CCNc1ncc2c(n1)N(C)CCN(c1cccc(CCCN(C)C)c1)C2=O. The highest BCUT2D eigenvalue weighted by Gasteiger charge is 2.28. The molecular weight excluding hydrogens is 352 g/mol. The number of hydrogen-bond donors (Lipinski definition) is 1. The zero-order valence-electron chi connectivity index (χ0n) is 17.3. The minimum absolute atomic E-state index is 0.0483. The Kier molecular flexibility index (Phi) is 6.46. The molecule has 0 bridgehead atoms. The molecule has 0 fully saturated rings. The van der Waals surface area contributed by atoms with Gasteiger partial charge in [-0.15, -0.1) is 0 Å². The van der Waals surface area contributed by atoms with E-state index in [2.05, 4.69) is 46.4 Å². The van der Waals surface area contributed by atoms with Crippen LogP contribution in [0.3, 0.4) is 0 Å². The van der Waals surface area contributed by atoms with Crippen molar-refractivity contribution in [3.63, 3.8) is 0 Å². The maximum Gasteiger partial charge on any atom is 0.263 e. The summed E-state index contributed by atoms with van der Waals surface area (Å²) >= 11 is 0. The van der Waals surface area contributed by atoms with E-state index >= 15 is 0 Å². The van der Waals surface area contributed by atoms with Crippen LogP contribution in [0.2, 0.25) is 0 Å². The van der Waals surface area contributed by atoms with Crippen molar-refractivity contribution in [2.45, 2.75) is 19.8 Å². The molecule has 2 aromatic rings. The van der Waals surface area contributed by atoms with Gasteiger partial charge in [0.2, 0.25) is 5.95 Å². The van der Waals surface area contributed by atoms with Gasteiger partial charge < -0.3 is 20.0 Å². The third kappa shape index (κ3) is 4.59. The van der Waals surface area contributed by atoms with Crippen molar-refractivity contribution < 1.29 is 4.79 Å². The van der Waals surface area contributed by atoms with Crippen LogP contribution >= 0.6 is 0 Å². The number of anilines is 3. The summed E-state index contributed by atoms with van der Waals surface area (Å²) in [6, 6.07) is 8.31. The highest BCUT2D eigenvalue weighted by atomic mass is 16.2. The lowest BCUT2D eigenvalue weighted by Gasteiger charge is -2.22. The van der Waals surface area contributed by atoms with Gasteiger partial charge in [0.15, 0.2) is 0 Å². The highest BCUT2D eigenvalue weighted by molar-refractivity contribution is 6.09. The molecule has 150 valence electrons. The minimum Gasteiger partial charge on any atom is -0.357 e. The van der Waals surface area contributed by atoms with Crippen molar-refractivity contribution in [1.29, 1.82) is 0 Å². The molecule has 1 aliphatic rings. The summed E-state index contributed by atoms with van der Waals surface area (Å²) in [7, 11) is 6.14. The molecule has 1 aromatic carbocycles. The van der Waals surface area contributed by atoms with Crippen LogP contribution in [0.4, 0.5) is 17.5 Å². The van der Waals surface area contributed by atoms with Crippen LogP contribution in [0.1, 0.15) is 29.3 Å². The number of nitrogens with one attached hydrogen (secondary N) is 1. The van der Waals surface area contributed by atoms with Gasteiger partial charge in [0.25, 0.3) is 5.91 Å². The van der Waals surface area contributed by atoms with Gasteiger partial charge in [0.05, 0.1) is 0 Å². The first kappa shape index (κ1) is 20.1. The summed E-state index contributed by atoms with van der Waals surface area (Å²) in [4.78, 5) is 28.2. The summed E-state index contributed by atoms with van der Waals surface area (Å²) in [5.41, 5.74) is 2.73. The Morgan fingerprint density at radius 1 is 1.25 bits per heavy atom. The molecule has 1 amide bonds. The number of rotatable bonds is 7. The maximum atomic E-state index is 13.3. The normalized spacial score (nSPS) is 14.2. The van der Waals surface area contributed by atoms with Gasteiger partial charge in [-0.3, -0.25) is 4.79 Å². The van der Waals surface area contributed by atoms with Gasteiger partial charge in [-0.05, 0) is 58.1 Å². The Balaban J connectivity index is 1.84. The molecule has 7 heteroatoms. The predicted octanol–water partition coefficient (Wildman–Crippen LogP) is 2.50. The van der Waals surface area contributed by atoms with E-state index in [1.54, 1.807) is 6.20 Å². The van der Waals surface area contributed by atoms with Gasteiger partial charge in [0, 0.05) is 38.6 Å². The third-order valence-corrected chi connectivity index (χ3v) is 4.89. The van der Waals surface area contributed by atoms with E-state index in [9.17, 15) is 4.79 Å². The van der Waals surface area contributed by atoms with Crippen LogP contribution in [-0.2, 0) is 6.42 Å². The first-order valence-corrected chi connectivity index (χ1v) is 9.87. The van der Waals surface area contributed by atoms with Crippen LogP contribution in [0.5, 0.6) is 0 Å². The summed E-state index contributed by atoms with van der Waals surface area (Å²) in [6.07, 6.45) is 3.73. The van der Waals surface area contributed by atoms with E-state index in [1.165, 1.54) is 5.56 Å². The van der Waals surface area contributed by atoms with Gasteiger partial charge in [-0.2, -0.15) is 4.98 Å². The monoisotopic (exact) mass is 382 g/mol. The number of amides is 1. The van der Waals surface area contributed by atoms with Crippen LogP contribution < -0.4 is 15.1 Å². The maximum absolute atomic E-state index is 13.3. The van der Waals surface area contributed by atoms with Gasteiger partial charge >= 0.3 is 0 Å². The Labute approximate surface area is 167 Å². The molecular formula is C21H30N6O. The molecule has 1 aliphatic heterocycles. The highest BCUT2D eigenvalue weighted by Crippen LogP contribution is 2.27. The lowest BCUT2D eigenvalue weighted by Crippen LogP contribution is -2.33. The number of hydrogen-bond acceptors (Lipinski definition) is 6. The lowest BCUT2D eigenvalue weighted by molar-refractivity contribution is 0.0989. The van der Waals surface area contributed by atoms with Crippen LogP contribution in [0.25, 0.3) is 0 Å². The Bertz CT molecular complexity index is 822. The number of aromatic nitrogens is 2. The molecule has 0 spiro atoms. The number of benzene rings is 1. The minimum atomic E-state index is -0.0483. The van der Waals surface area contributed by atoms with Crippen LogP contribution in [-0.4, -0.2) is 68.1 Å². The van der Waals surface area contributed by atoms with E-state index in [1.807, 2.05) is 35.9 Å². The topological polar surface area (TPSA) is 64.6 Å². The van der Waals surface area contributed by atoms with Crippen molar-refractivity contribution in [1.82, 2.24) is 14.9 Å². The molecule has 0 aliphatic carbocycles. The van der Waals surface area contributed by atoms with Crippen molar-refractivity contribution in [3.8, 4) is 0 Å². The molecule has 1 aromatic heterocycles. The second-order valence-corrected chi connectivity index (χ2v) is 7.42. The first-order chi connectivity index (χ1) is 13.5. The van der Waals surface area contributed by atoms with E-state index in [0.717, 1.165) is 31.6 Å². The third-order valence-electron chi connectivity index (χ3n) is 4.89. The zero-order chi connectivity index (χ0) is 20.1. The molecule has 28 heavy (non-hydrogen) atoms. The Morgan fingerprint density at radius 2 is 2.07 bits per heavy atom. The molecule has 1 N–H and O–H groups in total. The number of likely N-dealkylation sites (N-methyl/N-ethyl adjacent to an activating group) is 1. The van der Waals surface area contributed by atoms with Gasteiger partial charge in [0.1, 0.15) is 11.4 Å². The summed E-state index contributed by atoms with van der Waals surface area (Å²) in [5.74, 6) is 1.19. The summed E-state index contributed by atoms with van der Waals surface area (Å²) in [5, 5.41) is 3.11. The van der Waals surface area contributed by atoms with E-state index < -0.39 is 0 Å². The van der Waals surface area contributed by atoms with Gasteiger partial charge in [-0.25, -0.2) is 4.98 Å². The second kappa shape index (κ2) is 9.01. The van der Waals surface area contributed by atoms with Crippen LogP contribution in [0, 0.1) is 0 Å². The Morgan fingerprint density at radius 3 is 2.82 bits per heavy atom. The smallest absolute Gasteiger partial charge is 0.263 e. The zero-order valence-corrected chi connectivity index (χ0v) is 17.3. The fraction of sp³-hybridized carbons (Fsp3) is 0.476. The Hall–Kier alpha value is -2.67. The van der Waals surface area contributed by atoms with Crippen molar-refractivity contribution in [3.05, 3.63) is 41.6 Å². The van der Waals surface area contributed by atoms with E-state index in [0.29, 0.717) is 30.4 Å². The number of fused-ring (bicyclic) bond motifs is 1. The molecule has 0 radical (unpaired) electrons. The number of aryl methyl sites for hydroxylation is 1. The second-order valence-electron chi connectivity index (χ2n) is 7.42. The van der Waals surface area contributed by atoms with Gasteiger partial charge in [-0.1, -0.05) is 12.1 Å². The van der Waals surface area contributed by atoms with Crippen molar-refractivity contribution in [2.24, 2.45) is 0 Å². The van der Waals surface area contributed by atoms with Crippen molar-refractivity contribution in [2.75, 3.05) is 62.4 Å². The summed E-state index contributed by atoms with van der Waals surface area (Å²) in [6.45, 7) is 5.12. The first-order valence-electron chi connectivity index (χ1n) is 9.87. The quantitative estimate of drug-likeness (QED) is 0.794. The predicted molar refractivity (Wildman–Crippen MR) is 114 cm³/mol. The average Bonchev–Trinajstić information content (AvgIpc) is 2.79. The van der Waals surface area contributed by atoms with Crippen LogP contribution in [0.15, 0.2) is 30.5 Å². The molecule has 2 heterocycles. The van der Waals surface area contributed by atoms with E-state index in [4.69, 9.17) is 0 Å². The standard InChI is InChI=1S/C21H30N6O/c1-5-22-21-23-15-18-19(24-21)26(4)12-13-27(20(18)28)17-10-6-8-16(14-17)9-7-11-25(2)3/h6,8,10,14-15H,5,7,9,11-13H2,1-4H3,(H,22,23,24). The molecule has 0 unspecified atom stereocenters. The number of nitrogens with zero attached hydrogens (tertiary/aromatic N) is 5. The molecule has 3 rings (SSSR count).